The molecule has 2 aromatic rings. The van der Waals surface area contributed by atoms with Crippen molar-refractivity contribution in [3.8, 4) is 0 Å². The first kappa shape index (κ1) is 17.7. The van der Waals surface area contributed by atoms with Crippen molar-refractivity contribution < 1.29 is 14.3 Å². The number of carboxylic acid groups (broad SMARTS) is 1. The molecule has 0 heterocycles. The second-order valence-corrected chi connectivity index (χ2v) is 7.67. The molecular weight excluding hydrogens is 315 g/mol. The lowest BCUT2D eigenvalue weighted by Gasteiger charge is -2.46. The Kier molecular flexibility index (Phi) is 4.68. The highest BCUT2D eigenvalue weighted by molar-refractivity contribution is 5.74. The van der Waals surface area contributed by atoms with E-state index in [-0.39, 0.29) is 12.3 Å². The molecule has 1 aliphatic carbocycles. The van der Waals surface area contributed by atoms with Gasteiger partial charge in [-0.1, -0.05) is 60.7 Å². The number of alkyl halides is 1. The second kappa shape index (κ2) is 6.62. The molecule has 2 atom stereocenters. The van der Waals surface area contributed by atoms with Gasteiger partial charge in [-0.2, -0.15) is 0 Å². The molecule has 2 unspecified atom stereocenters. The molecule has 3 rings (SSSR count). The number of hydrogen-bond acceptors (Lipinski definition) is 1. The summed E-state index contributed by atoms with van der Waals surface area (Å²) >= 11 is 0. The summed E-state index contributed by atoms with van der Waals surface area (Å²) in [6.45, 7) is 3.43. The molecule has 1 aliphatic rings. The third-order valence-corrected chi connectivity index (χ3v) is 6.06. The second-order valence-electron chi connectivity index (χ2n) is 7.67. The highest BCUT2D eigenvalue weighted by atomic mass is 19.1. The molecule has 0 spiro atoms. The summed E-state index contributed by atoms with van der Waals surface area (Å²) in [6, 6.07) is 19.6. The number of rotatable bonds is 4. The minimum atomic E-state index is -1.12. The summed E-state index contributed by atoms with van der Waals surface area (Å²) in [7, 11) is 0. The van der Waals surface area contributed by atoms with E-state index in [4.69, 9.17) is 0 Å². The van der Waals surface area contributed by atoms with Gasteiger partial charge in [0.05, 0.1) is 10.8 Å². The number of carbonyl (C=O) groups is 1. The molecule has 0 bridgehead atoms. The van der Waals surface area contributed by atoms with Crippen molar-refractivity contribution in [2.75, 3.05) is 0 Å². The standard InChI is InChI=1S/C22H25FO2/c1-21(2,20(24)25)18-13-14-22(19(23)15-18,16-9-5-3-6-10-16)17-11-7-4-8-12-17/h3-12,18-19H,13-15H2,1-2H3,(H,24,25). The van der Waals surface area contributed by atoms with Crippen molar-refractivity contribution in [3.05, 3.63) is 71.8 Å². The fourth-order valence-corrected chi connectivity index (χ4v) is 4.25. The summed E-state index contributed by atoms with van der Waals surface area (Å²) in [5.41, 5.74) is 0.331. The molecule has 132 valence electrons. The Hall–Kier alpha value is -2.16. The first-order valence-electron chi connectivity index (χ1n) is 8.87. The van der Waals surface area contributed by atoms with Crippen molar-refractivity contribution in [1.29, 1.82) is 0 Å². The van der Waals surface area contributed by atoms with Gasteiger partial charge >= 0.3 is 5.97 Å². The highest BCUT2D eigenvalue weighted by Crippen LogP contribution is 2.51. The molecule has 0 aromatic heterocycles. The number of carboxylic acids is 1. The minimum Gasteiger partial charge on any atom is -0.481 e. The first-order chi connectivity index (χ1) is 11.9. The van der Waals surface area contributed by atoms with E-state index in [9.17, 15) is 9.90 Å². The van der Waals surface area contributed by atoms with Gasteiger partial charge < -0.3 is 5.11 Å². The topological polar surface area (TPSA) is 37.3 Å². The van der Waals surface area contributed by atoms with Crippen LogP contribution in [0.4, 0.5) is 4.39 Å². The van der Waals surface area contributed by atoms with Gasteiger partial charge in [-0.15, -0.1) is 0 Å². The van der Waals surface area contributed by atoms with Gasteiger partial charge in [0.1, 0.15) is 6.17 Å². The van der Waals surface area contributed by atoms with Crippen molar-refractivity contribution in [1.82, 2.24) is 0 Å². The molecule has 0 radical (unpaired) electrons. The molecule has 0 aliphatic heterocycles. The van der Waals surface area contributed by atoms with Crippen molar-refractivity contribution >= 4 is 5.97 Å². The highest BCUT2D eigenvalue weighted by Gasteiger charge is 2.50. The molecule has 1 fully saturated rings. The monoisotopic (exact) mass is 340 g/mol. The Morgan fingerprint density at radius 2 is 1.52 bits per heavy atom. The van der Waals surface area contributed by atoms with Crippen LogP contribution in [-0.2, 0) is 10.2 Å². The van der Waals surface area contributed by atoms with Crippen LogP contribution in [0, 0.1) is 11.3 Å². The van der Waals surface area contributed by atoms with Gasteiger partial charge in [0.2, 0.25) is 0 Å². The lowest BCUT2D eigenvalue weighted by molar-refractivity contribution is -0.151. The normalized spacial score (nSPS) is 23.2. The number of aliphatic carboxylic acids is 1. The van der Waals surface area contributed by atoms with Gasteiger partial charge in [-0.3, -0.25) is 4.79 Å². The van der Waals surface area contributed by atoms with Crippen molar-refractivity contribution in [2.45, 2.75) is 44.7 Å². The van der Waals surface area contributed by atoms with E-state index in [1.54, 1.807) is 13.8 Å². The van der Waals surface area contributed by atoms with E-state index in [1.807, 2.05) is 60.7 Å². The van der Waals surface area contributed by atoms with Crippen LogP contribution in [0.3, 0.4) is 0 Å². The molecule has 2 nitrogen and oxygen atoms in total. The van der Waals surface area contributed by atoms with Gasteiger partial charge in [0, 0.05) is 0 Å². The van der Waals surface area contributed by atoms with E-state index < -0.39 is 23.0 Å². The van der Waals surface area contributed by atoms with Crippen LogP contribution in [0.25, 0.3) is 0 Å². The van der Waals surface area contributed by atoms with Crippen LogP contribution in [0.5, 0.6) is 0 Å². The van der Waals surface area contributed by atoms with Gasteiger partial charge in [0.15, 0.2) is 0 Å². The lowest BCUT2D eigenvalue weighted by Crippen LogP contribution is -2.47. The van der Waals surface area contributed by atoms with E-state index >= 15 is 4.39 Å². The predicted molar refractivity (Wildman–Crippen MR) is 97.3 cm³/mol. The lowest BCUT2D eigenvalue weighted by atomic mass is 9.58. The number of hydrogen-bond donors (Lipinski definition) is 1. The Bertz CT molecular complexity index is 685. The van der Waals surface area contributed by atoms with Crippen molar-refractivity contribution in [2.24, 2.45) is 11.3 Å². The maximum absolute atomic E-state index is 15.7. The van der Waals surface area contributed by atoms with Crippen LogP contribution in [0.15, 0.2) is 60.7 Å². The summed E-state index contributed by atoms with van der Waals surface area (Å²) in [5.74, 6) is -1.02. The average molecular weight is 340 g/mol. The third kappa shape index (κ3) is 2.97. The zero-order valence-corrected chi connectivity index (χ0v) is 14.8. The molecule has 1 saturated carbocycles. The fraction of sp³-hybridized carbons (Fsp3) is 0.409. The first-order valence-corrected chi connectivity index (χ1v) is 8.87. The molecule has 0 saturated heterocycles. The maximum atomic E-state index is 15.7. The van der Waals surface area contributed by atoms with Crippen LogP contribution >= 0.6 is 0 Å². The molecule has 3 heteroatoms. The molecular formula is C22H25FO2. The number of benzene rings is 2. The molecule has 0 amide bonds. The largest absolute Gasteiger partial charge is 0.481 e. The van der Waals surface area contributed by atoms with Gasteiger partial charge in [-0.25, -0.2) is 4.39 Å². The Morgan fingerprint density at radius 1 is 1.04 bits per heavy atom. The van der Waals surface area contributed by atoms with Gasteiger partial charge in [-0.05, 0) is 50.2 Å². The minimum absolute atomic E-state index is 0.166. The van der Waals surface area contributed by atoms with E-state index in [0.717, 1.165) is 11.1 Å². The smallest absolute Gasteiger partial charge is 0.309 e. The Balaban J connectivity index is 2.03. The summed E-state index contributed by atoms with van der Waals surface area (Å²) in [4.78, 5) is 11.6. The van der Waals surface area contributed by atoms with Crippen LogP contribution < -0.4 is 0 Å². The Labute approximate surface area is 148 Å². The van der Waals surface area contributed by atoms with E-state index in [2.05, 4.69) is 0 Å². The fourth-order valence-electron chi connectivity index (χ4n) is 4.25. The average Bonchev–Trinajstić information content (AvgIpc) is 2.63. The predicted octanol–water partition coefficient (Wildman–Crippen LogP) is 5.22. The maximum Gasteiger partial charge on any atom is 0.309 e. The summed E-state index contributed by atoms with van der Waals surface area (Å²) in [5, 5.41) is 9.52. The third-order valence-electron chi connectivity index (χ3n) is 6.06. The molecule has 2 aromatic carbocycles. The molecule has 1 N–H and O–H groups in total. The quantitative estimate of drug-likeness (QED) is 0.828. The Morgan fingerprint density at radius 3 is 1.92 bits per heavy atom. The van der Waals surface area contributed by atoms with Crippen LogP contribution in [-0.4, -0.2) is 17.2 Å². The van der Waals surface area contributed by atoms with E-state index in [0.29, 0.717) is 12.8 Å². The van der Waals surface area contributed by atoms with Crippen molar-refractivity contribution in [3.63, 3.8) is 0 Å². The van der Waals surface area contributed by atoms with E-state index in [1.165, 1.54) is 0 Å². The SMILES string of the molecule is CC(C)(C(=O)O)C1CCC(c2ccccc2)(c2ccccc2)C(F)C1. The zero-order chi connectivity index (χ0) is 18.1. The summed E-state index contributed by atoms with van der Waals surface area (Å²) in [6.07, 6.45) is 0.463. The molecule has 25 heavy (non-hydrogen) atoms. The van der Waals surface area contributed by atoms with Crippen LogP contribution in [0.2, 0.25) is 0 Å². The number of halogens is 1. The zero-order valence-electron chi connectivity index (χ0n) is 14.8. The summed E-state index contributed by atoms with van der Waals surface area (Å²) < 4.78 is 15.7. The van der Waals surface area contributed by atoms with Crippen LogP contribution in [0.1, 0.15) is 44.2 Å². The van der Waals surface area contributed by atoms with Gasteiger partial charge in [0.25, 0.3) is 0 Å².